The maximum absolute atomic E-state index is 13.0. The Balaban J connectivity index is 1.60. The number of benzene rings is 1. The van der Waals surface area contributed by atoms with Crippen molar-refractivity contribution in [3.63, 3.8) is 0 Å². The lowest BCUT2D eigenvalue weighted by molar-refractivity contribution is -0.384. The molecule has 0 aromatic heterocycles. The Hall–Kier alpha value is -2.21. The van der Waals surface area contributed by atoms with Gasteiger partial charge in [-0.3, -0.25) is 19.7 Å². The number of rotatable bonds is 2. The molecule has 2 bridgehead atoms. The van der Waals surface area contributed by atoms with Gasteiger partial charge in [-0.25, -0.2) is 4.90 Å². The number of nitro benzene ring substituents is 1. The molecular weight excluding hydrogens is 332 g/mol. The minimum absolute atomic E-state index is 0.115. The van der Waals surface area contributed by atoms with Gasteiger partial charge in [-0.05, 0) is 36.2 Å². The molecular formula is C17H13ClN2O4. The molecule has 6 nitrogen and oxygen atoms in total. The molecule has 0 spiro atoms. The summed E-state index contributed by atoms with van der Waals surface area (Å²) in [5.41, 5.74) is -0.0582. The number of anilines is 1. The second-order valence-corrected chi connectivity index (χ2v) is 7.47. The van der Waals surface area contributed by atoms with Gasteiger partial charge in [0.15, 0.2) is 0 Å². The largest absolute Gasteiger partial charge is 0.274 e. The van der Waals surface area contributed by atoms with Crippen LogP contribution in [-0.4, -0.2) is 16.7 Å². The zero-order chi connectivity index (χ0) is 16.7. The van der Waals surface area contributed by atoms with Crippen LogP contribution in [0.1, 0.15) is 6.42 Å². The van der Waals surface area contributed by atoms with Crippen molar-refractivity contribution in [3.05, 3.63) is 45.5 Å². The number of nitrogens with zero attached hydrogens (tertiary/aromatic N) is 2. The molecule has 6 rings (SSSR count). The van der Waals surface area contributed by atoms with E-state index < -0.39 is 4.92 Å². The van der Waals surface area contributed by atoms with E-state index in [0.29, 0.717) is 11.8 Å². The van der Waals surface area contributed by atoms with Crippen molar-refractivity contribution < 1.29 is 14.5 Å². The van der Waals surface area contributed by atoms with Gasteiger partial charge in [-0.15, -0.1) is 0 Å². The molecule has 4 aliphatic carbocycles. The summed E-state index contributed by atoms with van der Waals surface area (Å²) in [5.74, 6) is 0.0391. The van der Waals surface area contributed by atoms with E-state index in [-0.39, 0.29) is 51.9 Å². The Morgan fingerprint density at radius 1 is 1.08 bits per heavy atom. The molecule has 0 N–H and O–H groups in total. The van der Waals surface area contributed by atoms with Gasteiger partial charge in [0.25, 0.3) is 5.69 Å². The first kappa shape index (κ1) is 14.2. The highest BCUT2D eigenvalue weighted by Crippen LogP contribution is 2.65. The molecule has 24 heavy (non-hydrogen) atoms. The van der Waals surface area contributed by atoms with Crippen molar-refractivity contribution in [2.24, 2.45) is 35.5 Å². The summed E-state index contributed by atoms with van der Waals surface area (Å²) in [6, 6.07) is 3.85. The van der Waals surface area contributed by atoms with Gasteiger partial charge in [-0.2, -0.15) is 0 Å². The SMILES string of the molecule is O=C1[C@@H]2[C@@H]3C=C[C@H]([C@H]4C[C@@H]34)[C@@H]2C(=O)N1c1cc([N+](=O)[O-])ccc1Cl. The number of carbonyl (C=O) groups excluding carboxylic acids is 2. The van der Waals surface area contributed by atoms with Crippen LogP contribution in [-0.2, 0) is 9.59 Å². The number of nitro groups is 1. The van der Waals surface area contributed by atoms with Crippen LogP contribution in [0.25, 0.3) is 0 Å². The summed E-state index contributed by atoms with van der Waals surface area (Å²) in [6.45, 7) is 0. The summed E-state index contributed by atoms with van der Waals surface area (Å²) < 4.78 is 0. The van der Waals surface area contributed by atoms with E-state index in [1.807, 2.05) is 0 Å². The van der Waals surface area contributed by atoms with E-state index in [1.165, 1.54) is 18.2 Å². The third-order valence-corrected chi connectivity index (χ3v) is 6.36. The molecule has 0 unspecified atom stereocenters. The third-order valence-electron chi connectivity index (χ3n) is 6.04. The van der Waals surface area contributed by atoms with Crippen LogP contribution in [0.3, 0.4) is 0 Å². The molecule has 0 radical (unpaired) electrons. The molecule has 3 fully saturated rings. The summed E-state index contributed by atoms with van der Waals surface area (Å²) in [5, 5.41) is 11.2. The standard InChI is InChI=1S/C17H13ClN2O4/c18-12-4-1-7(20(23)24)5-13(12)19-16(21)14-8-2-3-9(11-6-10(8)11)15(14)17(19)22/h1-5,8-11,14-15H,6H2/t8-,9-,10-,11+,14+,15-/m1/s1. The van der Waals surface area contributed by atoms with Crippen molar-refractivity contribution in [1.82, 2.24) is 0 Å². The Labute approximate surface area is 142 Å². The number of halogens is 1. The number of non-ortho nitro benzene ring substituents is 1. The first-order valence-electron chi connectivity index (χ1n) is 7.99. The molecule has 2 amide bonds. The zero-order valence-corrected chi connectivity index (χ0v) is 13.2. The lowest BCUT2D eigenvalue weighted by Gasteiger charge is -2.37. The van der Waals surface area contributed by atoms with Crippen molar-refractivity contribution in [2.75, 3.05) is 4.90 Å². The van der Waals surface area contributed by atoms with Gasteiger partial charge in [0.05, 0.1) is 27.5 Å². The van der Waals surface area contributed by atoms with Gasteiger partial charge in [0, 0.05) is 12.1 Å². The molecule has 1 aliphatic heterocycles. The lowest BCUT2D eigenvalue weighted by atomic mass is 9.63. The van der Waals surface area contributed by atoms with Gasteiger partial charge in [-0.1, -0.05) is 23.8 Å². The second-order valence-electron chi connectivity index (χ2n) is 7.06. The predicted molar refractivity (Wildman–Crippen MR) is 85.3 cm³/mol. The smallest absolute Gasteiger partial charge is 0.271 e. The van der Waals surface area contributed by atoms with Gasteiger partial charge in [0.2, 0.25) is 11.8 Å². The van der Waals surface area contributed by atoms with E-state index in [1.54, 1.807) is 0 Å². The molecule has 1 aromatic carbocycles. The van der Waals surface area contributed by atoms with E-state index in [2.05, 4.69) is 12.2 Å². The van der Waals surface area contributed by atoms with Crippen LogP contribution in [0.2, 0.25) is 5.02 Å². The fourth-order valence-electron chi connectivity index (χ4n) is 4.98. The molecule has 7 heteroatoms. The summed E-state index contributed by atoms with van der Waals surface area (Å²) >= 11 is 6.15. The minimum Gasteiger partial charge on any atom is -0.274 e. The fourth-order valence-corrected chi connectivity index (χ4v) is 5.18. The monoisotopic (exact) mass is 344 g/mol. The molecule has 5 aliphatic rings. The maximum atomic E-state index is 13.0. The molecule has 1 aromatic rings. The van der Waals surface area contributed by atoms with Crippen LogP contribution in [0.15, 0.2) is 30.4 Å². The quantitative estimate of drug-likeness (QED) is 0.357. The molecule has 1 saturated heterocycles. The Bertz CT molecular complexity index is 815. The number of hydrogen-bond donors (Lipinski definition) is 0. The maximum Gasteiger partial charge on any atom is 0.271 e. The summed E-state index contributed by atoms with van der Waals surface area (Å²) in [6.07, 6.45) is 5.26. The lowest BCUT2D eigenvalue weighted by Crippen LogP contribution is -2.40. The first-order valence-corrected chi connectivity index (χ1v) is 8.37. The highest BCUT2D eigenvalue weighted by atomic mass is 35.5. The number of imide groups is 1. The molecule has 122 valence electrons. The van der Waals surface area contributed by atoms with Crippen LogP contribution in [0.5, 0.6) is 0 Å². The molecule has 6 atom stereocenters. The van der Waals surface area contributed by atoms with Crippen molar-refractivity contribution in [1.29, 1.82) is 0 Å². The highest BCUT2D eigenvalue weighted by molar-refractivity contribution is 6.36. The molecule has 1 heterocycles. The average molecular weight is 345 g/mol. The van der Waals surface area contributed by atoms with Crippen molar-refractivity contribution in [3.8, 4) is 0 Å². The number of allylic oxidation sites excluding steroid dienone is 2. The third kappa shape index (κ3) is 1.61. The normalized spacial score (nSPS) is 38.3. The van der Waals surface area contributed by atoms with E-state index in [4.69, 9.17) is 11.6 Å². The second kappa shape index (κ2) is 4.45. The zero-order valence-electron chi connectivity index (χ0n) is 12.5. The first-order chi connectivity index (χ1) is 11.5. The number of carbonyl (C=O) groups is 2. The summed E-state index contributed by atoms with van der Waals surface area (Å²) in [4.78, 5) is 37.5. The van der Waals surface area contributed by atoms with E-state index in [9.17, 15) is 19.7 Å². The van der Waals surface area contributed by atoms with Crippen molar-refractivity contribution in [2.45, 2.75) is 6.42 Å². The van der Waals surface area contributed by atoms with E-state index in [0.717, 1.165) is 11.3 Å². The van der Waals surface area contributed by atoms with Crippen LogP contribution in [0.4, 0.5) is 11.4 Å². The van der Waals surface area contributed by atoms with Gasteiger partial charge in [0.1, 0.15) is 0 Å². The Morgan fingerprint density at radius 3 is 2.21 bits per heavy atom. The Morgan fingerprint density at radius 2 is 1.67 bits per heavy atom. The number of hydrogen-bond acceptors (Lipinski definition) is 4. The minimum atomic E-state index is -0.557. The van der Waals surface area contributed by atoms with Crippen LogP contribution < -0.4 is 4.90 Å². The highest BCUT2D eigenvalue weighted by Gasteiger charge is 2.67. The number of amides is 2. The summed E-state index contributed by atoms with van der Waals surface area (Å²) in [7, 11) is 0. The van der Waals surface area contributed by atoms with Gasteiger partial charge < -0.3 is 0 Å². The average Bonchev–Trinajstić information content (AvgIpc) is 3.33. The fraction of sp³-hybridized carbons (Fsp3) is 0.412. The predicted octanol–water partition coefficient (Wildman–Crippen LogP) is 2.81. The molecule has 2 saturated carbocycles. The van der Waals surface area contributed by atoms with Crippen LogP contribution >= 0.6 is 11.6 Å². The Kier molecular flexibility index (Phi) is 2.62. The van der Waals surface area contributed by atoms with Crippen molar-refractivity contribution >= 4 is 34.8 Å². The topological polar surface area (TPSA) is 80.5 Å². The van der Waals surface area contributed by atoms with Gasteiger partial charge >= 0.3 is 0 Å². The van der Waals surface area contributed by atoms with E-state index >= 15 is 0 Å². The van der Waals surface area contributed by atoms with Crippen LogP contribution in [0, 0.1) is 45.6 Å².